The van der Waals surface area contributed by atoms with Gasteiger partial charge in [-0.25, -0.2) is 4.79 Å². The Kier molecular flexibility index (Phi) is 8.71. The molecular formula is C27H26F5N5O5. The summed E-state index contributed by atoms with van der Waals surface area (Å²) in [5.41, 5.74) is 2.40. The number of aliphatic carboxylic acids is 1. The van der Waals surface area contributed by atoms with Crippen molar-refractivity contribution in [2.45, 2.75) is 57.2 Å². The number of carboxylic acid groups (broad SMARTS) is 1. The summed E-state index contributed by atoms with van der Waals surface area (Å²) in [7, 11) is 0. The number of carbonyl (C=O) groups excluding carboxylic acids is 2. The number of amides is 2. The molecule has 1 fully saturated rings. The third-order valence-electron chi connectivity index (χ3n) is 7.04. The van der Waals surface area contributed by atoms with Crippen LogP contribution in [0.1, 0.15) is 72.1 Å². The van der Waals surface area contributed by atoms with E-state index in [0.717, 1.165) is 31.5 Å². The Morgan fingerprint density at radius 3 is 2.36 bits per heavy atom. The molecule has 0 bridgehead atoms. The number of piperidine rings is 1. The summed E-state index contributed by atoms with van der Waals surface area (Å²) < 4.78 is 62.1. The number of rotatable bonds is 5. The fourth-order valence-electron chi connectivity index (χ4n) is 4.75. The molecule has 2 aromatic heterocycles. The molecule has 0 aliphatic carbocycles. The number of benzene rings is 1. The Labute approximate surface area is 235 Å². The number of nitrogens with one attached hydrogen (secondary N) is 1. The zero-order valence-corrected chi connectivity index (χ0v) is 22.4. The topological polar surface area (TPSA) is 139 Å². The van der Waals surface area contributed by atoms with Crippen LogP contribution in [0.3, 0.4) is 0 Å². The van der Waals surface area contributed by atoms with Gasteiger partial charge in [0.25, 0.3) is 11.8 Å². The highest BCUT2D eigenvalue weighted by atomic mass is 19.4. The molecule has 224 valence electrons. The minimum absolute atomic E-state index is 0.0109. The second kappa shape index (κ2) is 11.9. The molecule has 4 heterocycles. The molecular weight excluding hydrogens is 569 g/mol. The van der Waals surface area contributed by atoms with E-state index in [4.69, 9.17) is 14.3 Å². The summed E-state index contributed by atoms with van der Waals surface area (Å²) in [6, 6.07) is 9.05. The van der Waals surface area contributed by atoms with E-state index < -0.39 is 29.9 Å². The highest BCUT2D eigenvalue weighted by molar-refractivity contribution is 6.12. The summed E-state index contributed by atoms with van der Waals surface area (Å²) in [6.45, 7) is 5.59. The number of carbonyl (C=O) groups is 3. The lowest BCUT2D eigenvalue weighted by Gasteiger charge is -2.38. The van der Waals surface area contributed by atoms with Gasteiger partial charge in [-0.1, -0.05) is 12.1 Å². The van der Waals surface area contributed by atoms with Crippen LogP contribution in [0.2, 0.25) is 0 Å². The minimum atomic E-state index is -5.08. The van der Waals surface area contributed by atoms with Crippen LogP contribution in [0.4, 0.5) is 22.0 Å². The number of hydrogen-bond donors (Lipinski definition) is 2. The molecule has 15 heteroatoms. The van der Waals surface area contributed by atoms with Gasteiger partial charge >= 0.3 is 18.6 Å². The van der Waals surface area contributed by atoms with Crippen LogP contribution in [-0.2, 0) is 21.5 Å². The van der Waals surface area contributed by atoms with Gasteiger partial charge in [-0.15, -0.1) is 10.2 Å². The first-order chi connectivity index (χ1) is 19.7. The van der Waals surface area contributed by atoms with E-state index in [1.165, 1.54) is 16.7 Å². The van der Waals surface area contributed by atoms with Gasteiger partial charge in [0.2, 0.25) is 11.8 Å². The van der Waals surface area contributed by atoms with Crippen LogP contribution in [0.15, 0.2) is 40.9 Å². The van der Waals surface area contributed by atoms with Gasteiger partial charge in [0.15, 0.2) is 0 Å². The average Bonchev–Trinajstić information content (AvgIpc) is 3.46. The van der Waals surface area contributed by atoms with Crippen LogP contribution in [-0.4, -0.2) is 62.2 Å². The second-order valence-electron chi connectivity index (χ2n) is 10.2. The molecule has 2 aliphatic heterocycles. The number of hydrogen-bond acceptors (Lipinski definition) is 8. The van der Waals surface area contributed by atoms with Crippen LogP contribution in [0.5, 0.6) is 0 Å². The van der Waals surface area contributed by atoms with Crippen molar-refractivity contribution in [3.05, 3.63) is 64.8 Å². The third-order valence-corrected chi connectivity index (χ3v) is 7.04. The highest BCUT2D eigenvalue weighted by Gasteiger charge is 2.45. The van der Waals surface area contributed by atoms with E-state index in [1.807, 2.05) is 32.0 Å². The Morgan fingerprint density at radius 2 is 1.81 bits per heavy atom. The SMILES string of the molecule is CC1(C)C(=O)N(Cc2ccc(-c3nnc(C(F)F)o3)cn2)C(=O)c2ccc(C3CCNCC3)cc21.O=C(O)C(F)(F)F. The van der Waals surface area contributed by atoms with Gasteiger partial charge in [-0.05, 0) is 75.0 Å². The molecule has 0 radical (unpaired) electrons. The molecule has 0 unspecified atom stereocenters. The van der Waals surface area contributed by atoms with Crippen LogP contribution in [0, 0.1) is 0 Å². The van der Waals surface area contributed by atoms with Gasteiger partial charge in [0, 0.05) is 11.8 Å². The van der Waals surface area contributed by atoms with E-state index >= 15 is 0 Å². The molecule has 10 nitrogen and oxygen atoms in total. The molecule has 1 saturated heterocycles. The summed E-state index contributed by atoms with van der Waals surface area (Å²) in [4.78, 5) is 41.2. The maximum Gasteiger partial charge on any atom is 0.490 e. The third kappa shape index (κ3) is 6.45. The zero-order chi connectivity index (χ0) is 30.8. The lowest BCUT2D eigenvalue weighted by Crippen LogP contribution is -2.51. The maximum atomic E-state index is 13.4. The van der Waals surface area contributed by atoms with Gasteiger partial charge in [-0.3, -0.25) is 19.5 Å². The number of alkyl halides is 5. The van der Waals surface area contributed by atoms with Crippen LogP contribution >= 0.6 is 0 Å². The smallest absolute Gasteiger partial charge is 0.475 e. The lowest BCUT2D eigenvalue weighted by molar-refractivity contribution is -0.192. The Balaban J connectivity index is 0.000000517. The maximum absolute atomic E-state index is 13.4. The summed E-state index contributed by atoms with van der Waals surface area (Å²) in [5.74, 6) is -3.83. The Hall–Kier alpha value is -4.27. The van der Waals surface area contributed by atoms with Gasteiger partial charge < -0.3 is 14.8 Å². The number of carboxylic acids is 1. The van der Waals surface area contributed by atoms with Gasteiger partial charge in [0.05, 0.1) is 23.2 Å². The fraction of sp³-hybridized carbons (Fsp3) is 0.407. The standard InChI is InChI=1S/C25H25F2N5O3.C2HF3O2/c1-25(2)19-11-15(14-7-9-28-10-8-14)4-6-18(19)23(33)32(24(25)34)13-17-5-3-16(12-29-17)21-30-31-22(35-21)20(26)27;3-2(4,5)1(6)7/h3-6,11-12,14,20,28H,7-10,13H2,1-2H3;(H,6,7). The minimum Gasteiger partial charge on any atom is -0.475 e. The molecule has 42 heavy (non-hydrogen) atoms. The van der Waals surface area contributed by atoms with E-state index in [2.05, 4.69) is 20.5 Å². The van der Waals surface area contributed by atoms with Crippen molar-refractivity contribution >= 4 is 17.8 Å². The fourth-order valence-corrected chi connectivity index (χ4v) is 4.75. The van der Waals surface area contributed by atoms with Gasteiger partial charge in [-0.2, -0.15) is 22.0 Å². The number of halogens is 5. The quantitative estimate of drug-likeness (QED) is 0.319. The average molecular weight is 596 g/mol. The molecule has 0 spiro atoms. The monoisotopic (exact) mass is 595 g/mol. The molecule has 2 amide bonds. The molecule has 1 aromatic carbocycles. The predicted molar refractivity (Wildman–Crippen MR) is 135 cm³/mol. The van der Waals surface area contributed by atoms with Gasteiger partial charge in [0.1, 0.15) is 0 Å². The Bertz CT molecular complexity index is 1470. The summed E-state index contributed by atoms with van der Waals surface area (Å²) in [6.07, 6.45) is -4.49. The lowest BCUT2D eigenvalue weighted by atomic mass is 9.75. The first kappa shape index (κ1) is 30.7. The first-order valence-corrected chi connectivity index (χ1v) is 12.8. The molecule has 2 N–H and O–H groups in total. The van der Waals surface area contributed by atoms with Crippen molar-refractivity contribution in [1.82, 2.24) is 25.4 Å². The summed E-state index contributed by atoms with van der Waals surface area (Å²) >= 11 is 0. The second-order valence-corrected chi connectivity index (χ2v) is 10.2. The van der Waals surface area contributed by atoms with Crippen molar-refractivity contribution in [1.29, 1.82) is 0 Å². The number of pyridine rings is 1. The Morgan fingerprint density at radius 1 is 1.14 bits per heavy atom. The van der Waals surface area contributed by atoms with Crippen molar-refractivity contribution in [2.24, 2.45) is 0 Å². The van der Waals surface area contributed by atoms with Crippen LogP contribution in [0.25, 0.3) is 11.5 Å². The van der Waals surface area contributed by atoms with Crippen LogP contribution < -0.4 is 5.32 Å². The molecule has 3 aromatic rings. The van der Waals surface area contributed by atoms with E-state index in [0.29, 0.717) is 22.7 Å². The van der Waals surface area contributed by atoms with E-state index in [-0.39, 0.29) is 24.2 Å². The molecule has 0 atom stereocenters. The number of nitrogens with zero attached hydrogens (tertiary/aromatic N) is 4. The highest BCUT2D eigenvalue weighted by Crippen LogP contribution is 2.38. The summed E-state index contributed by atoms with van der Waals surface area (Å²) in [5, 5.41) is 17.4. The molecule has 5 rings (SSSR count). The van der Waals surface area contributed by atoms with Crippen molar-refractivity contribution < 1.29 is 45.9 Å². The van der Waals surface area contributed by atoms with Crippen molar-refractivity contribution in [3.63, 3.8) is 0 Å². The number of fused-ring (bicyclic) bond motifs is 1. The van der Waals surface area contributed by atoms with E-state index in [1.54, 1.807) is 12.1 Å². The van der Waals surface area contributed by atoms with Crippen molar-refractivity contribution in [2.75, 3.05) is 13.1 Å². The number of aromatic nitrogens is 3. The largest absolute Gasteiger partial charge is 0.490 e. The molecule has 2 aliphatic rings. The zero-order valence-electron chi connectivity index (χ0n) is 22.4. The molecule has 0 saturated carbocycles. The van der Waals surface area contributed by atoms with Crippen molar-refractivity contribution in [3.8, 4) is 11.5 Å². The van der Waals surface area contributed by atoms with E-state index in [9.17, 15) is 31.5 Å². The first-order valence-electron chi connectivity index (χ1n) is 12.8. The predicted octanol–water partition coefficient (Wildman–Crippen LogP) is 4.63. The normalized spacial score (nSPS) is 17.1. The number of imide groups is 1.